The van der Waals surface area contributed by atoms with Crippen LogP contribution in [0.1, 0.15) is 16.8 Å². The van der Waals surface area contributed by atoms with Gasteiger partial charge in [0.1, 0.15) is 0 Å². The Morgan fingerprint density at radius 3 is 2.60 bits per heavy atom. The van der Waals surface area contributed by atoms with Crippen molar-refractivity contribution >= 4 is 5.78 Å². The maximum absolute atomic E-state index is 12.2. The molecular weight excluding hydrogens is 186 g/mol. The number of hydrogen-bond acceptors (Lipinski definition) is 2. The van der Waals surface area contributed by atoms with Gasteiger partial charge >= 0.3 is 0 Å². The molecular formula is C13H13NO. The normalized spacial score (nSPS) is 32.1. The smallest absolute Gasteiger partial charge is 0.167 e. The third-order valence-electron chi connectivity index (χ3n) is 3.29. The van der Waals surface area contributed by atoms with E-state index in [9.17, 15) is 4.79 Å². The Bertz CT molecular complexity index is 410. The Kier molecular flexibility index (Phi) is 1.96. The quantitative estimate of drug-likeness (QED) is 0.581. The second-order valence-electron chi connectivity index (χ2n) is 4.26. The van der Waals surface area contributed by atoms with Crippen LogP contribution in [0.2, 0.25) is 0 Å². The molecule has 3 atom stereocenters. The molecule has 76 valence electrons. The predicted octanol–water partition coefficient (Wildman–Crippen LogP) is 1.79. The number of nitrogens with one attached hydrogen (secondary N) is 1. The fourth-order valence-corrected chi connectivity index (χ4v) is 2.52. The summed E-state index contributed by atoms with van der Waals surface area (Å²) in [5, 5.41) is 3.40. The van der Waals surface area contributed by atoms with E-state index in [4.69, 9.17) is 0 Å². The molecule has 0 aromatic heterocycles. The van der Waals surface area contributed by atoms with Crippen molar-refractivity contribution in [1.29, 1.82) is 0 Å². The lowest BCUT2D eigenvalue weighted by molar-refractivity contribution is 0.0917. The van der Waals surface area contributed by atoms with Gasteiger partial charge in [-0.05, 0) is 6.42 Å². The largest absolute Gasteiger partial charge is 0.304 e. The van der Waals surface area contributed by atoms with Gasteiger partial charge in [-0.2, -0.15) is 0 Å². The lowest BCUT2D eigenvalue weighted by Crippen LogP contribution is -2.28. The minimum absolute atomic E-state index is 0.141. The SMILES string of the molecule is O=C(c1ccccc1)C1C[C@@H]2C=C[C@H]1N2. The highest BCUT2D eigenvalue weighted by molar-refractivity contribution is 5.98. The summed E-state index contributed by atoms with van der Waals surface area (Å²) < 4.78 is 0. The van der Waals surface area contributed by atoms with Gasteiger partial charge in [-0.1, -0.05) is 42.5 Å². The molecule has 0 amide bonds. The van der Waals surface area contributed by atoms with Crippen molar-refractivity contribution in [3.05, 3.63) is 48.0 Å². The first kappa shape index (κ1) is 8.86. The summed E-state index contributed by atoms with van der Waals surface area (Å²) in [4.78, 5) is 12.2. The second-order valence-corrected chi connectivity index (χ2v) is 4.26. The molecule has 2 aliphatic heterocycles. The second kappa shape index (κ2) is 3.31. The highest BCUT2D eigenvalue weighted by Gasteiger charge is 2.39. The topological polar surface area (TPSA) is 29.1 Å². The summed E-state index contributed by atoms with van der Waals surface area (Å²) in [5.74, 6) is 0.419. The third kappa shape index (κ3) is 1.41. The number of fused-ring (bicyclic) bond motifs is 2. The van der Waals surface area contributed by atoms with Crippen molar-refractivity contribution in [1.82, 2.24) is 5.32 Å². The van der Waals surface area contributed by atoms with Crippen LogP contribution >= 0.6 is 0 Å². The van der Waals surface area contributed by atoms with Gasteiger partial charge in [0.25, 0.3) is 0 Å². The van der Waals surface area contributed by atoms with Crippen molar-refractivity contribution in [2.24, 2.45) is 5.92 Å². The number of carbonyl (C=O) groups is 1. The standard InChI is InChI=1S/C13H13NO/c15-13(9-4-2-1-3-5-9)11-8-10-6-7-12(11)14-10/h1-7,10-12,14H,8H2/t10-,11?,12+/m0/s1. The zero-order valence-corrected chi connectivity index (χ0v) is 8.39. The molecule has 2 heteroatoms. The number of ketones is 1. The fourth-order valence-electron chi connectivity index (χ4n) is 2.52. The third-order valence-corrected chi connectivity index (χ3v) is 3.29. The summed E-state index contributed by atoms with van der Waals surface area (Å²) in [5.41, 5.74) is 0.838. The van der Waals surface area contributed by atoms with Crippen LogP contribution in [0, 0.1) is 5.92 Å². The fraction of sp³-hybridized carbons (Fsp3) is 0.308. The van der Waals surface area contributed by atoms with Gasteiger partial charge in [0, 0.05) is 23.6 Å². The van der Waals surface area contributed by atoms with Crippen LogP contribution in [0.25, 0.3) is 0 Å². The van der Waals surface area contributed by atoms with Gasteiger partial charge < -0.3 is 5.32 Å². The highest BCUT2D eigenvalue weighted by Crippen LogP contribution is 2.30. The van der Waals surface area contributed by atoms with Crippen molar-refractivity contribution < 1.29 is 4.79 Å². The first-order valence-electron chi connectivity index (χ1n) is 5.38. The molecule has 0 radical (unpaired) electrons. The zero-order valence-electron chi connectivity index (χ0n) is 8.39. The maximum Gasteiger partial charge on any atom is 0.167 e. The van der Waals surface area contributed by atoms with E-state index in [1.165, 1.54) is 0 Å². The van der Waals surface area contributed by atoms with Gasteiger partial charge in [-0.25, -0.2) is 0 Å². The molecule has 15 heavy (non-hydrogen) atoms. The molecule has 1 N–H and O–H groups in total. The van der Waals surface area contributed by atoms with Crippen molar-refractivity contribution in [3.63, 3.8) is 0 Å². The van der Waals surface area contributed by atoms with E-state index in [0.29, 0.717) is 6.04 Å². The average molecular weight is 199 g/mol. The van der Waals surface area contributed by atoms with E-state index >= 15 is 0 Å². The number of rotatable bonds is 2. The summed E-state index contributed by atoms with van der Waals surface area (Å²) >= 11 is 0. The van der Waals surface area contributed by atoms with E-state index in [0.717, 1.165) is 12.0 Å². The minimum atomic E-state index is 0.141. The van der Waals surface area contributed by atoms with Gasteiger partial charge in [0.05, 0.1) is 0 Å². The zero-order chi connectivity index (χ0) is 10.3. The molecule has 0 saturated carbocycles. The van der Waals surface area contributed by atoms with Crippen LogP contribution in [0.3, 0.4) is 0 Å². The molecule has 3 rings (SSSR count). The van der Waals surface area contributed by atoms with Crippen LogP contribution in [0.5, 0.6) is 0 Å². The monoisotopic (exact) mass is 199 g/mol. The van der Waals surface area contributed by atoms with Crippen molar-refractivity contribution in [2.45, 2.75) is 18.5 Å². The Balaban J connectivity index is 1.85. The average Bonchev–Trinajstić information content (AvgIpc) is 2.91. The Hall–Kier alpha value is -1.41. The predicted molar refractivity (Wildman–Crippen MR) is 58.7 cm³/mol. The van der Waals surface area contributed by atoms with Crippen LogP contribution in [-0.2, 0) is 0 Å². The van der Waals surface area contributed by atoms with Crippen LogP contribution in [0.15, 0.2) is 42.5 Å². The molecule has 2 aliphatic rings. The lowest BCUT2D eigenvalue weighted by atomic mass is 9.87. The maximum atomic E-state index is 12.2. The van der Waals surface area contributed by atoms with Gasteiger partial charge in [-0.3, -0.25) is 4.79 Å². The first-order chi connectivity index (χ1) is 7.34. The molecule has 1 aromatic carbocycles. The molecule has 2 bridgehead atoms. The van der Waals surface area contributed by atoms with E-state index in [-0.39, 0.29) is 17.7 Å². The van der Waals surface area contributed by atoms with Gasteiger partial charge in [0.2, 0.25) is 0 Å². The number of benzene rings is 1. The molecule has 1 aromatic rings. The summed E-state index contributed by atoms with van der Waals surface area (Å²) in [7, 11) is 0. The van der Waals surface area contributed by atoms with Gasteiger partial charge in [0.15, 0.2) is 5.78 Å². The molecule has 1 unspecified atom stereocenters. The number of carbonyl (C=O) groups excluding carboxylic acids is 1. The molecule has 2 heterocycles. The Morgan fingerprint density at radius 1 is 1.20 bits per heavy atom. The van der Waals surface area contributed by atoms with Crippen molar-refractivity contribution in [2.75, 3.05) is 0 Å². The van der Waals surface area contributed by atoms with Gasteiger partial charge in [-0.15, -0.1) is 0 Å². The Labute approximate surface area is 89.0 Å². The van der Waals surface area contributed by atoms with E-state index < -0.39 is 0 Å². The molecule has 1 saturated heterocycles. The van der Waals surface area contributed by atoms with Crippen molar-refractivity contribution in [3.8, 4) is 0 Å². The summed E-state index contributed by atoms with van der Waals surface area (Å²) in [6.45, 7) is 0. The molecule has 1 fully saturated rings. The summed E-state index contributed by atoms with van der Waals surface area (Å²) in [6, 6.07) is 10.3. The summed E-state index contributed by atoms with van der Waals surface area (Å²) in [6.07, 6.45) is 5.24. The van der Waals surface area contributed by atoms with Crippen LogP contribution < -0.4 is 5.32 Å². The van der Waals surface area contributed by atoms with E-state index in [1.807, 2.05) is 30.3 Å². The van der Waals surface area contributed by atoms with Crippen LogP contribution in [0.4, 0.5) is 0 Å². The van der Waals surface area contributed by atoms with Crippen LogP contribution in [-0.4, -0.2) is 17.9 Å². The Morgan fingerprint density at radius 2 is 2.00 bits per heavy atom. The number of Topliss-reactive ketones (excluding diaryl/α,β-unsaturated/α-hetero) is 1. The number of hydrogen-bond donors (Lipinski definition) is 1. The van der Waals surface area contributed by atoms with E-state index in [2.05, 4.69) is 17.5 Å². The van der Waals surface area contributed by atoms with E-state index in [1.54, 1.807) is 0 Å². The lowest BCUT2D eigenvalue weighted by Gasteiger charge is -2.15. The minimum Gasteiger partial charge on any atom is -0.304 e. The highest BCUT2D eigenvalue weighted by atomic mass is 16.1. The molecule has 2 nitrogen and oxygen atoms in total. The first-order valence-corrected chi connectivity index (χ1v) is 5.38. The molecule has 0 spiro atoms. The molecule has 0 aliphatic carbocycles.